The van der Waals surface area contributed by atoms with Crippen molar-refractivity contribution in [3.63, 3.8) is 0 Å². The van der Waals surface area contributed by atoms with E-state index in [0.29, 0.717) is 19.1 Å². The van der Waals surface area contributed by atoms with Crippen LogP contribution in [0.15, 0.2) is 42.5 Å². The van der Waals surface area contributed by atoms with Gasteiger partial charge in [0.25, 0.3) is 0 Å². The van der Waals surface area contributed by atoms with Crippen molar-refractivity contribution in [1.82, 2.24) is 0 Å². The predicted octanol–water partition coefficient (Wildman–Crippen LogP) is 2.87. The Morgan fingerprint density at radius 1 is 1.15 bits per heavy atom. The average molecular weight is 269 g/mol. The predicted molar refractivity (Wildman–Crippen MR) is 79.3 cm³/mol. The van der Waals surface area contributed by atoms with Crippen LogP contribution in [0.2, 0.25) is 0 Å². The van der Waals surface area contributed by atoms with E-state index in [1.807, 2.05) is 18.2 Å². The summed E-state index contributed by atoms with van der Waals surface area (Å²) in [5.74, 6) is 2.00. The summed E-state index contributed by atoms with van der Waals surface area (Å²) in [6, 6.07) is 14.4. The van der Waals surface area contributed by atoms with Crippen molar-refractivity contribution in [1.29, 1.82) is 0 Å². The zero-order valence-corrected chi connectivity index (χ0v) is 11.6. The zero-order valence-electron chi connectivity index (χ0n) is 11.6. The Labute approximate surface area is 119 Å². The number of methoxy groups -OCH3 is 1. The average Bonchev–Trinajstić information content (AvgIpc) is 2.48. The van der Waals surface area contributed by atoms with E-state index in [0.717, 1.165) is 23.5 Å². The second-order valence-corrected chi connectivity index (χ2v) is 5.06. The molecule has 0 saturated carbocycles. The van der Waals surface area contributed by atoms with E-state index in [1.54, 1.807) is 7.11 Å². The molecule has 2 aromatic carbocycles. The van der Waals surface area contributed by atoms with Gasteiger partial charge >= 0.3 is 0 Å². The highest BCUT2D eigenvalue weighted by Gasteiger charge is 2.26. The molecule has 20 heavy (non-hydrogen) atoms. The Kier molecular flexibility index (Phi) is 3.61. The number of nitrogens with two attached hydrogens (primary N) is 1. The molecule has 1 unspecified atom stereocenters. The van der Waals surface area contributed by atoms with Gasteiger partial charge in [0.05, 0.1) is 13.7 Å². The highest BCUT2D eigenvalue weighted by molar-refractivity contribution is 5.47. The van der Waals surface area contributed by atoms with Crippen molar-refractivity contribution in [2.24, 2.45) is 5.73 Å². The lowest BCUT2D eigenvalue weighted by Crippen LogP contribution is -2.23. The SMILES string of the molecule is COc1cccc(CN)c1OCC1Cc2ccccc21. The lowest BCUT2D eigenvalue weighted by Gasteiger charge is -2.30. The van der Waals surface area contributed by atoms with Gasteiger partial charge in [-0.1, -0.05) is 36.4 Å². The first kappa shape index (κ1) is 13.0. The van der Waals surface area contributed by atoms with Crippen LogP contribution in [0, 0.1) is 0 Å². The minimum atomic E-state index is 0.452. The van der Waals surface area contributed by atoms with Gasteiger partial charge in [0.2, 0.25) is 0 Å². The third-order valence-electron chi connectivity index (χ3n) is 3.89. The molecule has 0 fully saturated rings. The summed E-state index contributed by atoms with van der Waals surface area (Å²) in [5, 5.41) is 0. The van der Waals surface area contributed by atoms with Gasteiger partial charge in [0, 0.05) is 18.0 Å². The lowest BCUT2D eigenvalue weighted by atomic mass is 9.78. The summed E-state index contributed by atoms with van der Waals surface area (Å²) >= 11 is 0. The van der Waals surface area contributed by atoms with E-state index < -0.39 is 0 Å². The molecule has 0 spiro atoms. The van der Waals surface area contributed by atoms with Gasteiger partial charge in [-0.05, 0) is 23.6 Å². The number of hydrogen-bond donors (Lipinski definition) is 1. The minimum Gasteiger partial charge on any atom is -0.493 e. The third-order valence-corrected chi connectivity index (χ3v) is 3.89. The molecular weight excluding hydrogens is 250 g/mol. The number of rotatable bonds is 5. The molecule has 0 amide bonds. The topological polar surface area (TPSA) is 44.5 Å². The molecule has 1 aliphatic rings. The Morgan fingerprint density at radius 2 is 2.00 bits per heavy atom. The normalized spacial score (nSPS) is 16.2. The van der Waals surface area contributed by atoms with Crippen molar-refractivity contribution in [2.45, 2.75) is 18.9 Å². The van der Waals surface area contributed by atoms with Crippen LogP contribution in [0.4, 0.5) is 0 Å². The maximum Gasteiger partial charge on any atom is 0.165 e. The molecule has 0 radical (unpaired) electrons. The number of fused-ring (bicyclic) bond motifs is 1. The van der Waals surface area contributed by atoms with Gasteiger partial charge in [0.15, 0.2) is 11.5 Å². The first-order chi connectivity index (χ1) is 9.83. The molecule has 1 atom stereocenters. The summed E-state index contributed by atoms with van der Waals surface area (Å²) in [5.41, 5.74) is 9.58. The molecule has 2 aromatic rings. The zero-order chi connectivity index (χ0) is 13.9. The van der Waals surface area contributed by atoms with Crippen molar-refractivity contribution in [2.75, 3.05) is 13.7 Å². The second-order valence-electron chi connectivity index (χ2n) is 5.06. The monoisotopic (exact) mass is 269 g/mol. The van der Waals surface area contributed by atoms with Gasteiger partial charge in [-0.25, -0.2) is 0 Å². The quantitative estimate of drug-likeness (QED) is 0.907. The van der Waals surface area contributed by atoms with Crippen LogP contribution >= 0.6 is 0 Å². The Morgan fingerprint density at radius 3 is 2.75 bits per heavy atom. The van der Waals surface area contributed by atoms with Crippen LogP contribution in [0.1, 0.15) is 22.6 Å². The summed E-state index contributed by atoms with van der Waals surface area (Å²) in [6.45, 7) is 1.12. The van der Waals surface area contributed by atoms with Crippen LogP contribution in [0.3, 0.4) is 0 Å². The number of benzene rings is 2. The van der Waals surface area contributed by atoms with Crippen LogP contribution in [0.25, 0.3) is 0 Å². The molecule has 1 aliphatic carbocycles. The lowest BCUT2D eigenvalue weighted by molar-refractivity contribution is 0.258. The van der Waals surface area contributed by atoms with Gasteiger partial charge in [-0.15, -0.1) is 0 Å². The van der Waals surface area contributed by atoms with Crippen LogP contribution in [0.5, 0.6) is 11.5 Å². The number of hydrogen-bond acceptors (Lipinski definition) is 3. The number of ether oxygens (including phenoxy) is 2. The molecule has 0 saturated heterocycles. The first-order valence-corrected chi connectivity index (χ1v) is 6.90. The van der Waals surface area contributed by atoms with Crippen molar-refractivity contribution in [3.05, 3.63) is 59.2 Å². The van der Waals surface area contributed by atoms with Crippen molar-refractivity contribution in [3.8, 4) is 11.5 Å². The van der Waals surface area contributed by atoms with E-state index in [9.17, 15) is 0 Å². The third kappa shape index (κ3) is 2.25. The molecule has 0 bridgehead atoms. The molecule has 104 valence electrons. The fourth-order valence-electron chi connectivity index (χ4n) is 2.74. The first-order valence-electron chi connectivity index (χ1n) is 6.90. The Balaban J connectivity index is 1.74. The molecule has 2 N–H and O–H groups in total. The van der Waals surface area contributed by atoms with Gasteiger partial charge in [-0.2, -0.15) is 0 Å². The highest BCUT2D eigenvalue weighted by atomic mass is 16.5. The van der Waals surface area contributed by atoms with Crippen LogP contribution < -0.4 is 15.2 Å². The van der Waals surface area contributed by atoms with Gasteiger partial charge in [-0.3, -0.25) is 0 Å². The van der Waals surface area contributed by atoms with Gasteiger partial charge < -0.3 is 15.2 Å². The molecule has 3 nitrogen and oxygen atoms in total. The fourth-order valence-corrected chi connectivity index (χ4v) is 2.74. The second kappa shape index (κ2) is 5.55. The van der Waals surface area contributed by atoms with Crippen LogP contribution in [-0.4, -0.2) is 13.7 Å². The maximum absolute atomic E-state index is 6.01. The highest BCUT2D eigenvalue weighted by Crippen LogP contribution is 2.37. The van der Waals surface area contributed by atoms with Crippen molar-refractivity contribution < 1.29 is 9.47 Å². The summed E-state index contributed by atoms with van der Waals surface area (Å²) < 4.78 is 11.4. The van der Waals surface area contributed by atoms with Crippen molar-refractivity contribution >= 4 is 0 Å². The van der Waals surface area contributed by atoms with E-state index in [-0.39, 0.29) is 0 Å². The van der Waals surface area contributed by atoms with Crippen LogP contribution in [-0.2, 0) is 13.0 Å². The Hall–Kier alpha value is -2.00. The maximum atomic E-state index is 6.01. The minimum absolute atomic E-state index is 0.452. The molecule has 0 aliphatic heterocycles. The largest absolute Gasteiger partial charge is 0.493 e. The summed E-state index contributed by atoms with van der Waals surface area (Å²) in [4.78, 5) is 0. The van der Waals surface area contributed by atoms with Gasteiger partial charge in [0.1, 0.15) is 0 Å². The fraction of sp³-hybridized carbons (Fsp3) is 0.294. The standard InChI is InChI=1S/C17H19NO2/c1-19-16-8-4-6-13(10-18)17(16)20-11-14-9-12-5-2-3-7-15(12)14/h2-8,14H,9-11,18H2,1H3. The summed E-state index contributed by atoms with van der Waals surface area (Å²) in [6.07, 6.45) is 1.09. The van der Waals surface area contributed by atoms with E-state index in [1.165, 1.54) is 11.1 Å². The van der Waals surface area contributed by atoms with E-state index in [2.05, 4.69) is 24.3 Å². The molecule has 3 heteroatoms. The Bertz CT molecular complexity index is 587. The van der Waals surface area contributed by atoms with E-state index >= 15 is 0 Å². The molecule has 0 heterocycles. The molecule has 3 rings (SSSR count). The summed E-state index contributed by atoms with van der Waals surface area (Å²) in [7, 11) is 1.65. The number of para-hydroxylation sites is 1. The van der Waals surface area contributed by atoms with E-state index in [4.69, 9.17) is 15.2 Å². The smallest absolute Gasteiger partial charge is 0.165 e. The molecule has 0 aromatic heterocycles. The molecular formula is C17H19NO2.